The van der Waals surface area contributed by atoms with Gasteiger partial charge in [-0.2, -0.15) is 0 Å². The van der Waals surface area contributed by atoms with Crippen LogP contribution in [-0.2, 0) is 10.2 Å². The summed E-state index contributed by atoms with van der Waals surface area (Å²) in [5, 5.41) is 8.95. The minimum absolute atomic E-state index is 0.00561. The van der Waals surface area contributed by atoms with Gasteiger partial charge in [0.25, 0.3) is 0 Å². The lowest BCUT2D eigenvalue weighted by Crippen LogP contribution is -2.39. The number of nitrogens with zero attached hydrogens (tertiary/aromatic N) is 2. The van der Waals surface area contributed by atoms with Crippen LogP contribution >= 0.6 is 0 Å². The van der Waals surface area contributed by atoms with E-state index in [1.807, 2.05) is 27.0 Å². The quantitative estimate of drug-likeness (QED) is 0.774. The molecule has 118 valence electrons. The van der Waals surface area contributed by atoms with Crippen molar-refractivity contribution in [1.29, 1.82) is 0 Å². The maximum Gasteiger partial charge on any atom is 0.227 e. The molecule has 1 aromatic rings. The third kappa shape index (κ3) is 4.58. The minimum atomic E-state index is -0.512. The molecule has 1 heterocycles. The van der Waals surface area contributed by atoms with Crippen molar-refractivity contribution in [2.75, 3.05) is 31.3 Å². The Kier molecular flexibility index (Phi) is 5.15. The van der Waals surface area contributed by atoms with E-state index in [0.717, 1.165) is 17.5 Å². The van der Waals surface area contributed by atoms with Crippen LogP contribution in [0.15, 0.2) is 6.07 Å². The van der Waals surface area contributed by atoms with Gasteiger partial charge >= 0.3 is 0 Å². The fourth-order valence-electron chi connectivity index (χ4n) is 1.73. The molecule has 21 heavy (non-hydrogen) atoms. The predicted octanol–water partition coefficient (Wildman–Crippen LogP) is 2.00. The highest BCUT2D eigenvalue weighted by Gasteiger charge is 2.27. The molecule has 0 fully saturated rings. The van der Waals surface area contributed by atoms with Crippen molar-refractivity contribution in [2.45, 2.75) is 40.0 Å². The molecule has 6 nitrogen and oxygen atoms in total. The minimum Gasteiger partial charge on any atom is -0.373 e. The summed E-state index contributed by atoms with van der Waals surface area (Å²) in [4.78, 5) is 20.8. The molecule has 0 atom stereocenters. The topological polar surface area (TPSA) is 78.9 Å². The Morgan fingerprint density at radius 1 is 1.10 bits per heavy atom. The Bertz CT molecular complexity index is 505. The molecule has 0 spiro atoms. The number of nitrogens with one attached hydrogen (secondary N) is 3. The van der Waals surface area contributed by atoms with Crippen molar-refractivity contribution in [3.8, 4) is 0 Å². The van der Waals surface area contributed by atoms with Gasteiger partial charge in [0, 0.05) is 32.1 Å². The molecule has 1 amide bonds. The summed E-state index contributed by atoms with van der Waals surface area (Å²) < 4.78 is 0. The molecule has 0 radical (unpaired) electrons. The van der Waals surface area contributed by atoms with Gasteiger partial charge in [-0.25, -0.2) is 9.97 Å². The van der Waals surface area contributed by atoms with Gasteiger partial charge in [0.15, 0.2) is 0 Å². The molecule has 0 bridgehead atoms. The largest absolute Gasteiger partial charge is 0.373 e. The smallest absolute Gasteiger partial charge is 0.227 e. The third-order valence-electron chi connectivity index (χ3n) is 3.21. The van der Waals surface area contributed by atoms with Crippen LogP contribution in [0, 0.1) is 5.41 Å². The first kappa shape index (κ1) is 17.2. The Balaban J connectivity index is 2.96. The van der Waals surface area contributed by atoms with Crippen LogP contribution in [0.2, 0.25) is 0 Å². The van der Waals surface area contributed by atoms with E-state index in [-0.39, 0.29) is 11.3 Å². The van der Waals surface area contributed by atoms with Crippen LogP contribution in [-0.4, -0.2) is 36.5 Å². The molecule has 0 unspecified atom stereocenters. The second-order valence-corrected chi connectivity index (χ2v) is 6.78. The monoisotopic (exact) mass is 293 g/mol. The molecule has 1 rings (SSSR count). The highest BCUT2D eigenvalue weighted by Crippen LogP contribution is 2.23. The fraction of sp³-hybridized carbons (Fsp3) is 0.667. The summed E-state index contributed by atoms with van der Waals surface area (Å²) in [6.07, 6.45) is 0. The van der Waals surface area contributed by atoms with E-state index in [1.165, 1.54) is 0 Å². The second-order valence-electron chi connectivity index (χ2n) is 6.78. The highest BCUT2D eigenvalue weighted by molar-refractivity contribution is 5.82. The fourth-order valence-corrected chi connectivity index (χ4v) is 1.73. The summed E-state index contributed by atoms with van der Waals surface area (Å²) in [6, 6.07) is 1.84. The zero-order valence-corrected chi connectivity index (χ0v) is 14.1. The molecule has 0 aliphatic carbocycles. The van der Waals surface area contributed by atoms with Gasteiger partial charge < -0.3 is 16.0 Å². The van der Waals surface area contributed by atoms with Crippen molar-refractivity contribution in [3.05, 3.63) is 11.9 Å². The van der Waals surface area contributed by atoms with Crippen molar-refractivity contribution in [1.82, 2.24) is 15.3 Å². The van der Waals surface area contributed by atoms with E-state index in [4.69, 9.17) is 0 Å². The van der Waals surface area contributed by atoms with E-state index >= 15 is 0 Å². The predicted molar refractivity (Wildman–Crippen MR) is 86.6 cm³/mol. The summed E-state index contributed by atoms with van der Waals surface area (Å²) in [6.45, 7) is 10.5. The Hall–Kier alpha value is -1.85. The first-order chi connectivity index (χ1) is 9.60. The van der Waals surface area contributed by atoms with E-state index in [0.29, 0.717) is 6.54 Å². The van der Waals surface area contributed by atoms with E-state index in [1.54, 1.807) is 7.05 Å². The Labute approximate surface area is 127 Å². The lowest BCUT2D eigenvalue weighted by Gasteiger charge is -2.24. The van der Waals surface area contributed by atoms with Crippen LogP contribution < -0.4 is 16.0 Å². The van der Waals surface area contributed by atoms with Crippen LogP contribution in [0.1, 0.15) is 40.4 Å². The van der Waals surface area contributed by atoms with E-state index in [9.17, 15) is 4.79 Å². The molecular weight excluding hydrogens is 266 g/mol. The Morgan fingerprint density at radius 3 is 2.14 bits per heavy atom. The lowest BCUT2D eigenvalue weighted by molar-refractivity contribution is -0.128. The zero-order valence-electron chi connectivity index (χ0n) is 14.1. The van der Waals surface area contributed by atoms with Crippen LogP contribution in [0.3, 0.4) is 0 Å². The highest BCUT2D eigenvalue weighted by atomic mass is 16.2. The first-order valence-electron chi connectivity index (χ1n) is 7.13. The van der Waals surface area contributed by atoms with Gasteiger partial charge in [0.1, 0.15) is 17.5 Å². The molecule has 6 heteroatoms. The molecule has 1 aromatic heterocycles. The number of aromatic nitrogens is 2. The number of amides is 1. The van der Waals surface area contributed by atoms with Gasteiger partial charge in [-0.05, 0) is 13.8 Å². The van der Waals surface area contributed by atoms with E-state index in [2.05, 4.69) is 46.7 Å². The van der Waals surface area contributed by atoms with Gasteiger partial charge in [-0.3, -0.25) is 4.79 Å². The number of carbonyl (C=O) groups is 1. The normalized spacial score (nSPS) is 12.0. The zero-order chi connectivity index (χ0) is 16.3. The Morgan fingerprint density at radius 2 is 1.67 bits per heavy atom. The van der Waals surface area contributed by atoms with Crippen molar-refractivity contribution in [3.63, 3.8) is 0 Å². The van der Waals surface area contributed by atoms with Gasteiger partial charge in [-0.15, -0.1) is 0 Å². The van der Waals surface area contributed by atoms with Gasteiger partial charge in [-0.1, -0.05) is 20.8 Å². The molecule has 3 N–H and O–H groups in total. The lowest BCUT2D eigenvalue weighted by atomic mass is 9.92. The molecule has 0 aliphatic heterocycles. The summed E-state index contributed by atoms with van der Waals surface area (Å²) in [5.74, 6) is 2.23. The van der Waals surface area contributed by atoms with Crippen LogP contribution in [0.5, 0.6) is 0 Å². The number of hydrogen-bond donors (Lipinski definition) is 3. The van der Waals surface area contributed by atoms with E-state index < -0.39 is 5.41 Å². The average Bonchev–Trinajstić information content (AvgIpc) is 2.42. The summed E-state index contributed by atoms with van der Waals surface area (Å²) in [5.41, 5.74) is -0.652. The number of carbonyl (C=O) groups excluding carboxylic acids is 1. The molecular formula is C15H27N5O. The standard InChI is InChI=1S/C15H27N5O/c1-14(2,3)12-19-10(16-6)8-11(20-12)18-9-15(4,5)13(21)17-7/h8H,9H2,1-7H3,(H,17,21)(H2,16,18,19,20). The van der Waals surface area contributed by atoms with Crippen molar-refractivity contribution >= 4 is 17.5 Å². The maximum absolute atomic E-state index is 11.8. The molecule has 0 aliphatic rings. The first-order valence-corrected chi connectivity index (χ1v) is 7.13. The molecule has 0 saturated heterocycles. The van der Waals surface area contributed by atoms with Gasteiger partial charge in [0.05, 0.1) is 5.41 Å². The third-order valence-corrected chi connectivity index (χ3v) is 3.21. The average molecular weight is 293 g/mol. The maximum atomic E-state index is 11.8. The molecule has 0 saturated carbocycles. The van der Waals surface area contributed by atoms with Crippen molar-refractivity contribution < 1.29 is 4.79 Å². The number of anilines is 2. The van der Waals surface area contributed by atoms with Crippen LogP contribution in [0.25, 0.3) is 0 Å². The number of rotatable bonds is 5. The van der Waals surface area contributed by atoms with Gasteiger partial charge in [0.2, 0.25) is 5.91 Å². The summed E-state index contributed by atoms with van der Waals surface area (Å²) in [7, 11) is 3.47. The van der Waals surface area contributed by atoms with Crippen molar-refractivity contribution in [2.24, 2.45) is 5.41 Å². The van der Waals surface area contributed by atoms with Crippen LogP contribution in [0.4, 0.5) is 11.6 Å². The second kappa shape index (κ2) is 6.28. The molecule has 0 aromatic carbocycles. The number of hydrogen-bond acceptors (Lipinski definition) is 5. The SMILES string of the molecule is CNC(=O)C(C)(C)CNc1cc(NC)nc(C(C)(C)C)n1. The summed E-state index contributed by atoms with van der Waals surface area (Å²) >= 11 is 0.